The topological polar surface area (TPSA) is 73.7 Å². The molecule has 3 aromatic rings. The summed E-state index contributed by atoms with van der Waals surface area (Å²) in [5.41, 5.74) is 1.38. The number of aliphatic hydroxyl groups is 2. The number of nitrogens with zero attached hydrogens (tertiary/aromatic N) is 2. The Morgan fingerprint density at radius 2 is 1.74 bits per heavy atom. The predicted molar refractivity (Wildman–Crippen MR) is 90.4 cm³/mol. The summed E-state index contributed by atoms with van der Waals surface area (Å²) in [7, 11) is 1.56. The maximum absolute atomic E-state index is 12.4. The number of fused-ring (bicyclic) bond motifs is 1. The smallest absolute Gasteiger partial charge is 0.258 e. The van der Waals surface area contributed by atoms with Gasteiger partial charge in [-0.25, -0.2) is 4.98 Å². The molecule has 0 saturated heterocycles. The van der Waals surface area contributed by atoms with Crippen molar-refractivity contribution in [1.82, 2.24) is 4.98 Å². The number of carbonyl (C=O) groups is 1. The number of thiazole rings is 1. The van der Waals surface area contributed by atoms with E-state index in [0.29, 0.717) is 10.7 Å². The zero-order chi connectivity index (χ0) is 16.4. The minimum Gasteiger partial charge on any atom is -0.383 e. The van der Waals surface area contributed by atoms with Gasteiger partial charge in [0.2, 0.25) is 0 Å². The minimum absolute atomic E-state index is 0.327. The van der Waals surface area contributed by atoms with Crippen LogP contribution >= 0.6 is 11.3 Å². The Kier molecular flexibility index (Phi) is 4.38. The number of benzene rings is 2. The number of aromatic nitrogens is 1. The molecule has 5 nitrogen and oxygen atoms in total. The molecule has 1 aromatic heterocycles. The molecule has 1 heterocycles. The van der Waals surface area contributed by atoms with Gasteiger partial charge in [-0.3, -0.25) is 4.79 Å². The summed E-state index contributed by atoms with van der Waals surface area (Å²) in [5, 5.41) is 20.9. The highest BCUT2D eigenvalue weighted by Crippen LogP contribution is 2.28. The monoisotopic (exact) mass is 328 g/mol. The van der Waals surface area contributed by atoms with Crippen LogP contribution in [0.25, 0.3) is 10.2 Å². The van der Waals surface area contributed by atoms with Gasteiger partial charge in [-0.15, -0.1) is 11.3 Å². The van der Waals surface area contributed by atoms with E-state index in [-0.39, 0.29) is 0 Å². The van der Waals surface area contributed by atoms with Crippen molar-refractivity contribution in [1.29, 1.82) is 0 Å². The zero-order valence-corrected chi connectivity index (χ0v) is 13.3. The summed E-state index contributed by atoms with van der Waals surface area (Å²) >= 11 is 1.27. The first-order chi connectivity index (χ1) is 11.1. The number of carbonyl (C=O) groups excluding carboxylic acids is 1. The van der Waals surface area contributed by atoms with Crippen LogP contribution in [-0.4, -0.2) is 34.3 Å². The molecule has 0 radical (unpaired) electrons. The van der Waals surface area contributed by atoms with Crippen LogP contribution in [0.1, 0.15) is 11.1 Å². The molecule has 2 atom stereocenters. The van der Waals surface area contributed by atoms with Crippen LogP contribution in [-0.2, 0) is 4.79 Å². The molecule has 0 bridgehead atoms. The molecule has 3 rings (SSSR count). The predicted octanol–water partition coefficient (Wildman–Crippen LogP) is 2.35. The van der Waals surface area contributed by atoms with E-state index >= 15 is 0 Å². The lowest BCUT2D eigenvalue weighted by atomic mass is 10.1. The van der Waals surface area contributed by atoms with Gasteiger partial charge >= 0.3 is 0 Å². The van der Waals surface area contributed by atoms with Crippen molar-refractivity contribution in [3.05, 3.63) is 59.6 Å². The van der Waals surface area contributed by atoms with Crippen LogP contribution in [0.3, 0.4) is 0 Å². The minimum atomic E-state index is -1.57. The van der Waals surface area contributed by atoms with Crippen molar-refractivity contribution in [3.8, 4) is 0 Å². The molecule has 2 unspecified atom stereocenters. The second-order valence-corrected chi connectivity index (χ2v) is 6.20. The Morgan fingerprint density at radius 3 is 2.43 bits per heavy atom. The lowest BCUT2D eigenvalue weighted by Crippen LogP contribution is -2.39. The number of amides is 1. The fourth-order valence-electron chi connectivity index (χ4n) is 2.26. The first kappa shape index (κ1) is 15.6. The van der Waals surface area contributed by atoms with Gasteiger partial charge in [0, 0.05) is 12.7 Å². The van der Waals surface area contributed by atoms with E-state index in [9.17, 15) is 15.0 Å². The maximum Gasteiger partial charge on any atom is 0.258 e. The van der Waals surface area contributed by atoms with Crippen molar-refractivity contribution in [3.63, 3.8) is 0 Å². The van der Waals surface area contributed by atoms with Gasteiger partial charge in [-0.05, 0) is 24.3 Å². The second kappa shape index (κ2) is 6.45. The first-order valence-electron chi connectivity index (χ1n) is 7.12. The molecule has 0 spiro atoms. The summed E-state index contributed by atoms with van der Waals surface area (Å²) in [6.07, 6.45) is -2.92. The number of likely N-dealkylation sites (N-methyl/N-ethyl adjacent to an activating group) is 1. The lowest BCUT2D eigenvalue weighted by molar-refractivity contribution is -0.132. The molecule has 0 aliphatic rings. The van der Waals surface area contributed by atoms with E-state index in [2.05, 4.69) is 4.98 Å². The molecule has 6 heteroatoms. The van der Waals surface area contributed by atoms with Crippen LogP contribution in [0.2, 0.25) is 0 Å². The van der Waals surface area contributed by atoms with Crippen molar-refractivity contribution < 1.29 is 15.0 Å². The van der Waals surface area contributed by atoms with Crippen LogP contribution in [0.4, 0.5) is 5.69 Å². The molecule has 0 aliphatic heterocycles. The highest BCUT2D eigenvalue weighted by molar-refractivity contribution is 7.18. The maximum atomic E-state index is 12.4. The van der Waals surface area contributed by atoms with E-state index in [4.69, 9.17) is 0 Å². The van der Waals surface area contributed by atoms with Crippen LogP contribution in [0.5, 0.6) is 0 Å². The normalized spacial score (nSPS) is 13.7. The molecule has 0 aliphatic carbocycles. The number of hydrogen-bond acceptors (Lipinski definition) is 5. The van der Waals surface area contributed by atoms with E-state index in [1.54, 1.807) is 31.3 Å². The van der Waals surface area contributed by atoms with Crippen LogP contribution in [0.15, 0.2) is 54.6 Å². The summed E-state index contributed by atoms with van der Waals surface area (Å²) in [6.45, 7) is 0. The molecule has 0 saturated carbocycles. The summed E-state index contributed by atoms with van der Waals surface area (Å²) in [4.78, 5) is 18.0. The number of aliphatic hydroxyl groups excluding tert-OH is 2. The van der Waals surface area contributed by atoms with Gasteiger partial charge in [0.25, 0.3) is 5.91 Å². The van der Waals surface area contributed by atoms with Gasteiger partial charge in [-0.1, -0.05) is 30.3 Å². The van der Waals surface area contributed by atoms with E-state index < -0.39 is 18.1 Å². The highest BCUT2D eigenvalue weighted by atomic mass is 32.1. The van der Waals surface area contributed by atoms with E-state index in [0.717, 1.165) is 10.2 Å². The zero-order valence-electron chi connectivity index (χ0n) is 12.5. The molecule has 0 fully saturated rings. The van der Waals surface area contributed by atoms with Crippen LogP contribution < -0.4 is 4.90 Å². The van der Waals surface area contributed by atoms with Gasteiger partial charge in [0.1, 0.15) is 11.1 Å². The number of para-hydroxylation sites is 2. The Hall–Kier alpha value is -2.28. The number of hydrogen-bond donors (Lipinski definition) is 2. The molecule has 1 amide bonds. The number of rotatable bonds is 4. The standard InChI is InChI=1S/C17H16N2O3S/c1-19(11-7-3-2-4-8-11)17(22)15(21)14(20)16-18-12-9-5-6-10-13(12)23-16/h2-10,14-15,20-21H,1H3. The quantitative estimate of drug-likeness (QED) is 0.771. The average Bonchev–Trinajstić information content (AvgIpc) is 3.04. The van der Waals surface area contributed by atoms with E-state index in [1.807, 2.05) is 30.3 Å². The van der Waals surface area contributed by atoms with Gasteiger partial charge < -0.3 is 15.1 Å². The van der Waals surface area contributed by atoms with Crippen molar-refractivity contribution in [2.75, 3.05) is 11.9 Å². The summed E-state index contributed by atoms with van der Waals surface area (Å²) < 4.78 is 0.901. The Morgan fingerprint density at radius 1 is 1.09 bits per heavy atom. The molecular weight excluding hydrogens is 312 g/mol. The Bertz CT molecular complexity index is 786. The largest absolute Gasteiger partial charge is 0.383 e. The van der Waals surface area contributed by atoms with Crippen LogP contribution in [0, 0.1) is 0 Å². The molecule has 2 aromatic carbocycles. The molecule has 2 N–H and O–H groups in total. The average molecular weight is 328 g/mol. The Balaban J connectivity index is 1.81. The third kappa shape index (κ3) is 3.10. The molecular formula is C17H16N2O3S. The number of anilines is 1. The van der Waals surface area contributed by atoms with Crippen molar-refractivity contribution in [2.24, 2.45) is 0 Å². The first-order valence-corrected chi connectivity index (χ1v) is 7.94. The molecule has 23 heavy (non-hydrogen) atoms. The van der Waals surface area contributed by atoms with Gasteiger partial charge in [0.05, 0.1) is 10.2 Å². The van der Waals surface area contributed by atoms with Crippen molar-refractivity contribution in [2.45, 2.75) is 12.2 Å². The Labute approximate surface area is 137 Å². The third-order valence-corrected chi connectivity index (χ3v) is 4.70. The summed E-state index contributed by atoms with van der Waals surface area (Å²) in [5.74, 6) is -0.581. The van der Waals surface area contributed by atoms with Gasteiger partial charge in [0.15, 0.2) is 6.10 Å². The van der Waals surface area contributed by atoms with Crippen molar-refractivity contribution >= 4 is 33.1 Å². The summed E-state index contributed by atoms with van der Waals surface area (Å²) in [6, 6.07) is 16.4. The third-order valence-electron chi connectivity index (χ3n) is 3.59. The second-order valence-electron chi connectivity index (χ2n) is 5.14. The lowest BCUT2D eigenvalue weighted by Gasteiger charge is -2.22. The fraction of sp³-hybridized carbons (Fsp3) is 0.176. The molecule has 118 valence electrons. The highest BCUT2D eigenvalue weighted by Gasteiger charge is 2.31. The van der Waals surface area contributed by atoms with E-state index in [1.165, 1.54) is 16.2 Å². The SMILES string of the molecule is CN(C(=O)C(O)C(O)c1nc2ccccc2s1)c1ccccc1. The fourth-order valence-corrected chi connectivity index (χ4v) is 3.25. The van der Waals surface area contributed by atoms with Gasteiger partial charge in [-0.2, -0.15) is 0 Å².